The average molecular weight is 309 g/mol. The normalized spacial score (nSPS) is 10.7. The van der Waals surface area contributed by atoms with Crippen molar-refractivity contribution in [3.05, 3.63) is 59.0 Å². The lowest BCUT2D eigenvalue weighted by Gasteiger charge is -2.12. The Labute approximate surface area is 125 Å². The fourth-order valence-electron chi connectivity index (χ4n) is 1.84. The smallest absolute Gasteiger partial charge is 0.193 e. The number of nitrogens with one attached hydrogen (secondary N) is 1. The molecule has 0 aliphatic carbocycles. The van der Waals surface area contributed by atoms with E-state index in [1.165, 1.54) is 6.33 Å². The van der Waals surface area contributed by atoms with Crippen LogP contribution in [0, 0.1) is 0 Å². The summed E-state index contributed by atoms with van der Waals surface area (Å²) in [5.41, 5.74) is 1.57. The Morgan fingerprint density at radius 2 is 2.10 bits per heavy atom. The maximum absolute atomic E-state index is 6.23. The monoisotopic (exact) mass is 308 g/mol. The number of anilines is 1. The molecule has 7 heteroatoms. The molecule has 2 aromatic heterocycles. The van der Waals surface area contributed by atoms with Gasteiger partial charge in [-0.25, -0.2) is 9.67 Å². The highest BCUT2D eigenvalue weighted by Gasteiger charge is 2.10. The summed E-state index contributed by atoms with van der Waals surface area (Å²) >= 11 is 12.0. The van der Waals surface area contributed by atoms with E-state index < -0.39 is 0 Å². The molecule has 0 saturated carbocycles. The summed E-state index contributed by atoms with van der Waals surface area (Å²) in [6, 6.07) is 9.09. The van der Waals surface area contributed by atoms with Crippen LogP contribution < -0.4 is 5.32 Å². The van der Waals surface area contributed by atoms with Crippen LogP contribution in [0.5, 0.6) is 0 Å². The summed E-state index contributed by atoms with van der Waals surface area (Å²) in [5.74, 6) is 0.736. The molecular weight excluding hydrogens is 299 g/mol. The van der Waals surface area contributed by atoms with Crippen LogP contribution in [-0.4, -0.2) is 14.8 Å². The molecule has 0 radical (unpaired) electrons. The van der Waals surface area contributed by atoms with Crippen molar-refractivity contribution in [2.45, 2.75) is 6.54 Å². The van der Waals surface area contributed by atoms with Gasteiger partial charge in [-0.2, -0.15) is 5.10 Å². The third-order valence-electron chi connectivity index (χ3n) is 2.72. The number of halogens is 2. The Morgan fingerprint density at radius 1 is 1.20 bits per heavy atom. The number of hydrogen-bond donors (Lipinski definition) is 1. The highest BCUT2D eigenvalue weighted by molar-refractivity contribution is 6.33. The minimum absolute atomic E-state index is 0.365. The van der Waals surface area contributed by atoms with Crippen LogP contribution >= 0.6 is 23.2 Å². The Morgan fingerprint density at radius 3 is 2.80 bits per heavy atom. The second-order valence-electron chi connectivity index (χ2n) is 4.04. The summed E-state index contributed by atoms with van der Waals surface area (Å²) in [7, 11) is 0. The highest BCUT2D eigenvalue weighted by Crippen LogP contribution is 2.28. The van der Waals surface area contributed by atoms with Gasteiger partial charge in [0.2, 0.25) is 0 Å². The van der Waals surface area contributed by atoms with Gasteiger partial charge in [0.15, 0.2) is 5.22 Å². The van der Waals surface area contributed by atoms with Crippen molar-refractivity contribution >= 4 is 28.9 Å². The lowest BCUT2D eigenvalue weighted by Crippen LogP contribution is -2.05. The molecule has 0 bridgehead atoms. The molecule has 0 fully saturated rings. The Hall–Kier alpha value is -1.98. The molecule has 1 aromatic carbocycles. The van der Waals surface area contributed by atoms with Crippen LogP contribution in [0.3, 0.4) is 0 Å². The third kappa shape index (κ3) is 2.64. The van der Waals surface area contributed by atoms with Gasteiger partial charge in [-0.15, -0.1) is 0 Å². The first-order chi connectivity index (χ1) is 9.74. The molecule has 0 aliphatic heterocycles. The van der Waals surface area contributed by atoms with Crippen molar-refractivity contribution in [1.29, 1.82) is 0 Å². The quantitative estimate of drug-likeness (QED) is 0.797. The first-order valence-electron chi connectivity index (χ1n) is 5.85. The van der Waals surface area contributed by atoms with E-state index in [1.54, 1.807) is 23.1 Å². The van der Waals surface area contributed by atoms with E-state index in [0.29, 0.717) is 16.8 Å². The van der Waals surface area contributed by atoms with Gasteiger partial charge in [0.1, 0.15) is 24.1 Å². The molecule has 0 amide bonds. The van der Waals surface area contributed by atoms with E-state index in [2.05, 4.69) is 15.4 Å². The molecule has 102 valence electrons. The standard InChI is InChI=1S/C13H10Cl2N4O/c14-10-2-1-3-11(13(10)19-8-16-7-18-19)17-6-9-4-5-12(15)20-9/h1-5,7-8,17H,6H2. The molecule has 0 saturated heterocycles. The van der Waals surface area contributed by atoms with E-state index in [9.17, 15) is 0 Å². The molecule has 5 nitrogen and oxygen atoms in total. The summed E-state index contributed by atoms with van der Waals surface area (Å²) < 4.78 is 6.91. The Kier molecular flexibility index (Phi) is 3.62. The third-order valence-corrected chi connectivity index (χ3v) is 3.22. The minimum Gasteiger partial charge on any atom is -0.448 e. The van der Waals surface area contributed by atoms with Crippen molar-refractivity contribution in [3.63, 3.8) is 0 Å². The number of hydrogen-bond acceptors (Lipinski definition) is 4. The molecule has 2 heterocycles. The zero-order chi connectivity index (χ0) is 13.9. The van der Waals surface area contributed by atoms with Gasteiger partial charge < -0.3 is 9.73 Å². The first kappa shape index (κ1) is 13.0. The van der Waals surface area contributed by atoms with Gasteiger partial charge >= 0.3 is 0 Å². The lowest BCUT2D eigenvalue weighted by molar-refractivity contribution is 0.520. The minimum atomic E-state index is 0.365. The number of aromatic nitrogens is 3. The summed E-state index contributed by atoms with van der Waals surface area (Å²) in [6.07, 6.45) is 3.05. The van der Waals surface area contributed by atoms with E-state index in [4.69, 9.17) is 27.6 Å². The van der Waals surface area contributed by atoms with E-state index in [-0.39, 0.29) is 0 Å². The molecule has 0 spiro atoms. The zero-order valence-corrected chi connectivity index (χ0v) is 11.8. The molecular formula is C13H10Cl2N4O. The van der Waals surface area contributed by atoms with E-state index >= 15 is 0 Å². The van der Waals surface area contributed by atoms with Crippen LogP contribution in [0.1, 0.15) is 5.76 Å². The molecule has 1 N–H and O–H groups in total. The lowest BCUT2D eigenvalue weighted by atomic mass is 10.2. The SMILES string of the molecule is Clc1ccc(CNc2cccc(Cl)c2-n2cncn2)o1. The van der Waals surface area contributed by atoms with Gasteiger partial charge in [-0.1, -0.05) is 17.7 Å². The van der Waals surface area contributed by atoms with Gasteiger partial charge in [0.05, 0.1) is 17.3 Å². The Bertz CT molecular complexity index is 709. The van der Waals surface area contributed by atoms with Crippen LogP contribution in [0.2, 0.25) is 10.2 Å². The van der Waals surface area contributed by atoms with Crippen molar-refractivity contribution in [2.75, 3.05) is 5.32 Å². The Balaban J connectivity index is 1.88. The molecule has 3 aromatic rings. The predicted molar refractivity (Wildman–Crippen MR) is 77.4 cm³/mol. The van der Waals surface area contributed by atoms with Crippen LogP contribution in [0.25, 0.3) is 5.69 Å². The van der Waals surface area contributed by atoms with Crippen LogP contribution in [-0.2, 0) is 6.54 Å². The maximum atomic E-state index is 6.23. The molecule has 3 rings (SSSR count). The number of nitrogens with zero attached hydrogens (tertiary/aromatic N) is 3. The van der Waals surface area contributed by atoms with Gasteiger partial charge in [-0.3, -0.25) is 0 Å². The van der Waals surface area contributed by atoms with Crippen molar-refractivity contribution < 1.29 is 4.42 Å². The predicted octanol–water partition coefficient (Wildman–Crippen LogP) is 3.78. The number of rotatable bonds is 4. The van der Waals surface area contributed by atoms with Crippen LogP contribution in [0.15, 0.2) is 47.4 Å². The van der Waals surface area contributed by atoms with Gasteiger partial charge in [-0.05, 0) is 35.9 Å². The van der Waals surface area contributed by atoms with Crippen molar-refractivity contribution in [1.82, 2.24) is 14.8 Å². The fourth-order valence-corrected chi connectivity index (χ4v) is 2.27. The molecule has 0 atom stereocenters. The first-order valence-corrected chi connectivity index (χ1v) is 6.61. The van der Waals surface area contributed by atoms with Gasteiger partial charge in [0.25, 0.3) is 0 Å². The molecule has 20 heavy (non-hydrogen) atoms. The highest BCUT2D eigenvalue weighted by atomic mass is 35.5. The van der Waals surface area contributed by atoms with Crippen LogP contribution in [0.4, 0.5) is 5.69 Å². The van der Waals surface area contributed by atoms with Gasteiger partial charge in [0, 0.05) is 0 Å². The van der Waals surface area contributed by atoms with Crippen molar-refractivity contribution in [3.8, 4) is 5.69 Å². The summed E-state index contributed by atoms with van der Waals surface area (Å²) in [4.78, 5) is 3.93. The summed E-state index contributed by atoms with van der Waals surface area (Å²) in [5, 5.41) is 8.30. The van der Waals surface area contributed by atoms with Crippen molar-refractivity contribution in [2.24, 2.45) is 0 Å². The number of para-hydroxylation sites is 1. The second-order valence-corrected chi connectivity index (χ2v) is 4.82. The van der Waals surface area contributed by atoms with E-state index in [1.807, 2.05) is 18.2 Å². The number of benzene rings is 1. The largest absolute Gasteiger partial charge is 0.448 e. The fraction of sp³-hybridized carbons (Fsp3) is 0.0769. The summed E-state index contributed by atoms with van der Waals surface area (Å²) in [6.45, 7) is 0.495. The van der Waals surface area contributed by atoms with E-state index in [0.717, 1.165) is 17.1 Å². The molecule has 0 aliphatic rings. The average Bonchev–Trinajstić information content (AvgIpc) is 3.08. The topological polar surface area (TPSA) is 55.9 Å². The zero-order valence-electron chi connectivity index (χ0n) is 10.3. The second kappa shape index (κ2) is 5.56. The maximum Gasteiger partial charge on any atom is 0.193 e. The number of furan rings is 1. The molecule has 0 unspecified atom stereocenters.